The van der Waals surface area contributed by atoms with Crippen LogP contribution in [0.5, 0.6) is 0 Å². The highest BCUT2D eigenvalue weighted by molar-refractivity contribution is 9.11. The normalized spacial score (nSPS) is 14.5. The van der Waals surface area contributed by atoms with Crippen LogP contribution in [0.4, 0.5) is 11.4 Å². The van der Waals surface area contributed by atoms with E-state index in [4.69, 9.17) is 0 Å². The molecule has 108 valence electrons. The lowest BCUT2D eigenvalue weighted by Crippen LogP contribution is -2.25. The molecule has 0 saturated carbocycles. The van der Waals surface area contributed by atoms with E-state index in [0.29, 0.717) is 24.2 Å². The minimum absolute atomic E-state index is 0.106. The maximum Gasteiger partial charge on any atom is 0.256 e. The first-order valence-corrected chi connectivity index (χ1v) is 8.27. The largest absolute Gasteiger partial charge is 0.320 e. The summed E-state index contributed by atoms with van der Waals surface area (Å²) in [5.41, 5.74) is 2.04. The molecule has 4 nitrogen and oxygen atoms in total. The summed E-state index contributed by atoms with van der Waals surface area (Å²) in [6.45, 7) is 0.704. The molecule has 1 aliphatic rings. The molecule has 2 heterocycles. The van der Waals surface area contributed by atoms with Crippen molar-refractivity contribution < 1.29 is 9.59 Å². The summed E-state index contributed by atoms with van der Waals surface area (Å²) >= 11 is 4.81. The molecule has 0 unspecified atom stereocenters. The molecule has 0 bridgehead atoms. The summed E-state index contributed by atoms with van der Waals surface area (Å²) in [7, 11) is 0. The van der Waals surface area contributed by atoms with Gasteiger partial charge in [-0.15, -0.1) is 11.3 Å². The number of amides is 2. The molecule has 3 rings (SSSR count). The SMILES string of the molecule is O=C(Nc1ccccc1N1CCCC1=O)c1csc(Br)c1. The van der Waals surface area contributed by atoms with Gasteiger partial charge in [0.15, 0.2) is 0 Å². The van der Waals surface area contributed by atoms with Crippen LogP contribution in [0, 0.1) is 0 Å². The second-order valence-electron chi connectivity index (χ2n) is 4.76. The monoisotopic (exact) mass is 364 g/mol. The summed E-state index contributed by atoms with van der Waals surface area (Å²) in [6, 6.07) is 9.19. The molecule has 1 N–H and O–H groups in total. The van der Waals surface area contributed by atoms with E-state index in [2.05, 4.69) is 21.2 Å². The molecule has 1 fully saturated rings. The first-order valence-electron chi connectivity index (χ1n) is 6.60. The number of carbonyl (C=O) groups is 2. The second-order valence-corrected chi connectivity index (χ2v) is 7.05. The Bertz CT molecular complexity index is 698. The molecular formula is C15H13BrN2O2S. The number of carbonyl (C=O) groups excluding carboxylic acids is 2. The van der Waals surface area contributed by atoms with E-state index < -0.39 is 0 Å². The fraction of sp³-hybridized carbons (Fsp3) is 0.200. The molecule has 1 saturated heterocycles. The number of nitrogens with one attached hydrogen (secondary N) is 1. The van der Waals surface area contributed by atoms with E-state index >= 15 is 0 Å². The number of rotatable bonds is 3. The maximum absolute atomic E-state index is 12.2. The van der Waals surface area contributed by atoms with Gasteiger partial charge >= 0.3 is 0 Å². The first-order chi connectivity index (χ1) is 10.1. The van der Waals surface area contributed by atoms with Crippen LogP contribution >= 0.6 is 27.3 Å². The first kappa shape index (κ1) is 14.3. The van der Waals surface area contributed by atoms with E-state index in [-0.39, 0.29) is 11.8 Å². The number of para-hydroxylation sites is 2. The number of benzene rings is 1. The van der Waals surface area contributed by atoms with Gasteiger partial charge in [0, 0.05) is 18.3 Å². The zero-order valence-corrected chi connectivity index (χ0v) is 13.5. The number of hydrogen-bond donors (Lipinski definition) is 1. The lowest BCUT2D eigenvalue weighted by molar-refractivity contribution is -0.117. The van der Waals surface area contributed by atoms with Crippen LogP contribution in [-0.2, 0) is 4.79 Å². The number of halogens is 1. The predicted octanol–water partition coefficient (Wildman–Crippen LogP) is 3.89. The average molecular weight is 365 g/mol. The summed E-state index contributed by atoms with van der Waals surface area (Å²) in [5, 5.41) is 4.69. The number of hydrogen-bond acceptors (Lipinski definition) is 3. The summed E-state index contributed by atoms with van der Waals surface area (Å²) in [6.07, 6.45) is 1.43. The lowest BCUT2D eigenvalue weighted by Gasteiger charge is -2.19. The Kier molecular flexibility index (Phi) is 4.07. The summed E-state index contributed by atoms with van der Waals surface area (Å²) in [5.74, 6) is -0.0639. The van der Waals surface area contributed by atoms with Gasteiger partial charge in [0.25, 0.3) is 5.91 Å². The van der Waals surface area contributed by atoms with Crippen molar-refractivity contribution in [1.29, 1.82) is 0 Å². The van der Waals surface area contributed by atoms with Gasteiger partial charge in [0.2, 0.25) is 5.91 Å². The van der Waals surface area contributed by atoms with Crippen molar-refractivity contribution in [3.63, 3.8) is 0 Å². The third-order valence-corrected chi connectivity index (χ3v) is 4.85. The third-order valence-electron chi connectivity index (χ3n) is 3.35. The van der Waals surface area contributed by atoms with E-state index in [1.165, 1.54) is 11.3 Å². The van der Waals surface area contributed by atoms with Crippen LogP contribution in [0.15, 0.2) is 39.5 Å². The van der Waals surface area contributed by atoms with E-state index in [0.717, 1.165) is 15.9 Å². The minimum atomic E-state index is -0.170. The third kappa shape index (κ3) is 3.01. The molecule has 1 aromatic carbocycles. The van der Waals surface area contributed by atoms with Gasteiger partial charge in [-0.2, -0.15) is 0 Å². The van der Waals surface area contributed by atoms with Crippen LogP contribution < -0.4 is 10.2 Å². The van der Waals surface area contributed by atoms with Crippen LogP contribution in [0.1, 0.15) is 23.2 Å². The van der Waals surface area contributed by atoms with Gasteiger partial charge in [0.05, 0.1) is 20.7 Å². The van der Waals surface area contributed by atoms with Crippen molar-refractivity contribution in [2.75, 3.05) is 16.8 Å². The van der Waals surface area contributed by atoms with Crippen molar-refractivity contribution >= 4 is 50.5 Å². The second kappa shape index (κ2) is 5.99. The van der Waals surface area contributed by atoms with Gasteiger partial charge in [-0.3, -0.25) is 9.59 Å². The van der Waals surface area contributed by atoms with Crippen LogP contribution in [-0.4, -0.2) is 18.4 Å². The highest BCUT2D eigenvalue weighted by atomic mass is 79.9. The number of anilines is 2. The van der Waals surface area contributed by atoms with Gasteiger partial charge in [-0.25, -0.2) is 0 Å². The van der Waals surface area contributed by atoms with Gasteiger partial charge < -0.3 is 10.2 Å². The standard InChI is InChI=1S/C15H13BrN2O2S/c16-13-8-10(9-21-13)15(20)17-11-4-1-2-5-12(11)18-7-3-6-14(18)19/h1-2,4-5,8-9H,3,6-7H2,(H,17,20). The molecule has 0 atom stereocenters. The zero-order valence-electron chi connectivity index (χ0n) is 11.1. The van der Waals surface area contributed by atoms with Crippen molar-refractivity contribution in [2.24, 2.45) is 0 Å². The summed E-state index contributed by atoms with van der Waals surface area (Å²) in [4.78, 5) is 25.9. The molecule has 21 heavy (non-hydrogen) atoms. The quantitative estimate of drug-likeness (QED) is 0.897. The molecule has 6 heteroatoms. The minimum Gasteiger partial charge on any atom is -0.320 e. The van der Waals surface area contributed by atoms with Gasteiger partial charge in [-0.05, 0) is 40.5 Å². The molecule has 2 amide bonds. The molecular weight excluding hydrogens is 352 g/mol. The van der Waals surface area contributed by atoms with E-state index in [1.807, 2.05) is 24.3 Å². The fourth-order valence-corrected chi connectivity index (χ4v) is 3.48. The lowest BCUT2D eigenvalue weighted by atomic mass is 10.2. The number of thiophene rings is 1. The van der Waals surface area contributed by atoms with Crippen LogP contribution in [0.25, 0.3) is 0 Å². The average Bonchev–Trinajstić information content (AvgIpc) is 3.08. The fourth-order valence-electron chi connectivity index (χ4n) is 2.34. The van der Waals surface area contributed by atoms with Crippen molar-refractivity contribution in [3.8, 4) is 0 Å². The van der Waals surface area contributed by atoms with E-state index in [9.17, 15) is 9.59 Å². The Morgan fingerprint density at radius 1 is 1.33 bits per heavy atom. The zero-order chi connectivity index (χ0) is 14.8. The Morgan fingerprint density at radius 3 is 2.81 bits per heavy atom. The topological polar surface area (TPSA) is 49.4 Å². The molecule has 1 aromatic heterocycles. The van der Waals surface area contributed by atoms with Crippen molar-refractivity contribution in [3.05, 3.63) is 45.1 Å². The Morgan fingerprint density at radius 2 is 2.14 bits per heavy atom. The maximum atomic E-state index is 12.2. The van der Waals surface area contributed by atoms with E-state index in [1.54, 1.807) is 16.3 Å². The molecule has 2 aromatic rings. The Balaban J connectivity index is 1.85. The predicted molar refractivity (Wildman–Crippen MR) is 88.0 cm³/mol. The summed E-state index contributed by atoms with van der Waals surface area (Å²) < 4.78 is 0.913. The highest BCUT2D eigenvalue weighted by Gasteiger charge is 2.24. The van der Waals surface area contributed by atoms with Crippen molar-refractivity contribution in [1.82, 2.24) is 0 Å². The van der Waals surface area contributed by atoms with Crippen molar-refractivity contribution in [2.45, 2.75) is 12.8 Å². The molecule has 0 spiro atoms. The van der Waals surface area contributed by atoms with Gasteiger partial charge in [-0.1, -0.05) is 12.1 Å². The molecule has 1 aliphatic heterocycles. The van der Waals surface area contributed by atoms with Crippen LogP contribution in [0.3, 0.4) is 0 Å². The molecule has 0 aliphatic carbocycles. The Hall–Kier alpha value is -1.66. The smallest absolute Gasteiger partial charge is 0.256 e. The Labute approximate surface area is 134 Å². The molecule has 0 radical (unpaired) electrons. The highest BCUT2D eigenvalue weighted by Crippen LogP contribution is 2.30. The number of nitrogens with zero attached hydrogens (tertiary/aromatic N) is 1. The van der Waals surface area contributed by atoms with Crippen LogP contribution in [0.2, 0.25) is 0 Å². The van der Waals surface area contributed by atoms with Gasteiger partial charge in [0.1, 0.15) is 0 Å².